The minimum atomic E-state index is -0.685. The third-order valence-corrected chi connectivity index (χ3v) is 7.62. The van der Waals surface area contributed by atoms with Crippen molar-refractivity contribution in [1.82, 2.24) is 14.8 Å². The molecule has 39 heavy (non-hydrogen) atoms. The molecule has 11 nitrogen and oxygen atoms in total. The van der Waals surface area contributed by atoms with Gasteiger partial charge in [-0.3, -0.25) is 24.0 Å². The van der Waals surface area contributed by atoms with Gasteiger partial charge < -0.3 is 29.8 Å². The Morgan fingerprint density at radius 2 is 1.87 bits per heavy atom. The number of Topliss-reactive ketones (excluding diaryl/α,β-unsaturated/α-hetero) is 1. The Morgan fingerprint density at radius 1 is 1.13 bits per heavy atom. The largest absolute Gasteiger partial charge is 0.451 e. The molecule has 2 aliphatic rings. The summed E-state index contributed by atoms with van der Waals surface area (Å²) < 4.78 is 7.04. The standard InChI is InChI=1S/C28H31N5O6/c1-16(34)22(5-6-25(29)35)33-15-17-3-4-19(13-20(17)28(33)38)32-11-7-18(8-12-32)30-26(36)24-14-21-23(39-24)9-10-31(2)27(21)37/h3-4,9-10,13-14,18,22H,5-8,11-12,15H2,1-2H3,(H2,29,35)(H,30,36). The molecule has 1 aromatic carbocycles. The van der Waals surface area contributed by atoms with Crippen LogP contribution in [0.2, 0.25) is 0 Å². The number of nitrogens with zero attached hydrogens (tertiary/aromatic N) is 3. The highest BCUT2D eigenvalue weighted by Gasteiger charge is 2.35. The summed E-state index contributed by atoms with van der Waals surface area (Å²) in [6.07, 6.45) is 3.24. The van der Waals surface area contributed by atoms with Gasteiger partial charge in [0.05, 0.1) is 11.4 Å². The third kappa shape index (κ3) is 5.16. The zero-order valence-electron chi connectivity index (χ0n) is 21.9. The van der Waals surface area contributed by atoms with Gasteiger partial charge in [0.25, 0.3) is 17.4 Å². The summed E-state index contributed by atoms with van der Waals surface area (Å²) in [6, 6.07) is 8.14. The Morgan fingerprint density at radius 3 is 2.56 bits per heavy atom. The summed E-state index contributed by atoms with van der Waals surface area (Å²) in [5.41, 5.74) is 7.72. The Labute approximate surface area is 224 Å². The Hall–Kier alpha value is -4.41. The topological polar surface area (TPSA) is 148 Å². The van der Waals surface area contributed by atoms with Crippen LogP contribution in [0.4, 0.5) is 5.69 Å². The molecule has 0 saturated carbocycles. The molecule has 204 valence electrons. The SMILES string of the molecule is CC(=O)C(CCC(N)=O)N1Cc2ccc(N3CCC(NC(=O)c4cc5c(=O)n(C)ccc5o4)CC3)cc2C1=O. The fourth-order valence-corrected chi connectivity index (χ4v) is 5.40. The molecule has 0 bridgehead atoms. The number of piperidine rings is 1. The number of hydrogen-bond acceptors (Lipinski definition) is 7. The molecule has 1 atom stereocenters. The quantitative estimate of drug-likeness (QED) is 0.448. The van der Waals surface area contributed by atoms with E-state index in [9.17, 15) is 24.0 Å². The van der Waals surface area contributed by atoms with Crippen LogP contribution in [0.25, 0.3) is 11.0 Å². The number of benzene rings is 1. The molecular formula is C28H31N5O6. The normalized spacial score (nSPS) is 16.4. The minimum Gasteiger partial charge on any atom is -0.451 e. The Balaban J connectivity index is 1.21. The second kappa shape index (κ2) is 10.4. The highest BCUT2D eigenvalue weighted by Crippen LogP contribution is 2.31. The van der Waals surface area contributed by atoms with Crippen LogP contribution in [-0.4, -0.2) is 58.1 Å². The van der Waals surface area contributed by atoms with E-state index in [4.69, 9.17) is 10.2 Å². The average molecular weight is 534 g/mol. The van der Waals surface area contributed by atoms with Gasteiger partial charge in [0.1, 0.15) is 5.58 Å². The number of nitrogens with two attached hydrogens (primary N) is 1. The van der Waals surface area contributed by atoms with Crippen molar-refractivity contribution < 1.29 is 23.6 Å². The van der Waals surface area contributed by atoms with Gasteiger partial charge in [-0.1, -0.05) is 6.07 Å². The van der Waals surface area contributed by atoms with Gasteiger partial charge in [-0.15, -0.1) is 0 Å². The highest BCUT2D eigenvalue weighted by atomic mass is 16.3. The maximum absolute atomic E-state index is 13.2. The number of fused-ring (bicyclic) bond motifs is 2. The minimum absolute atomic E-state index is 0.0376. The number of primary amides is 1. The van der Waals surface area contributed by atoms with Crippen molar-refractivity contribution in [3.8, 4) is 0 Å². The van der Waals surface area contributed by atoms with Gasteiger partial charge in [0.15, 0.2) is 11.5 Å². The van der Waals surface area contributed by atoms with E-state index < -0.39 is 11.9 Å². The van der Waals surface area contributed by atoms with Crippen molar-refractivity contribution in [2.75, 3.05) is 18.0 Å². The fourth-order valence-electron chi connectivity index (χ4n) is 5.40. The summed E-state index contributed by atoms with van der Waals surface area (Å²) in [7, 11) is 1.64. The van der Waals surface area contributed by atoms with Gasteiger partial charge in [-0.05, 0) is 49.9 Å². The van der Waals surface area contributed by atoms with Crippen molar-refractivity contribution in [2.45, 2.75) is 51.2 Å². The lowest BCUT2D eigenvalue weighted by Gasteiger charge is -2.34. The van der Waals surface area contributed by atoms with E-state index in [-0.39, 0.29) is 47.8 Å². The van der Waals surface area contributed by atoms with Crippen LogP contribution >= 0.6 is 0 Å². The predicted molar refractivity (Wildman–Crippen MR) is 143 cm³/mol. The lowest BCUT2D eigenvalue weighted by molar-refractivity contribution is -0.122. The number of rotatable bonds is 8. The van der Waals surface area contributed by atoms with Crippen molar-refractivity contribution in [3.63, 3.8) is 0 Å². The number of carbonyl (C=O) groups excluding carboxylic acids is 4. The summed E-state index contributed by atoms with van der Waals surface area (Å²) in [6.45, 7) is 3.10. The van der Waals surface area contributed by atoms with E-state index in [0.29, 0.717) is 49.0 Å². The van der Waals surface area contributed by atoms with Gasteiger partial charge in [0, 0.05) is 62.7 Å². The molecule has 2 aromatic heterocycles. The second-order valence-electron chi connectivity index (χ2n) is 10.3. The Kier molecular flexibility index (Phi) is 6.98. The molecule has 11 heteroatoms. The molecule has 1 fully saturated rings. The molecular weight excluding hydrogens is 502 g/mol. The maximum Gasteiger partial charge on any atom is 0.287 e. The van der Waals surface area contributed by atoms with E-state index in [0.717, 1.165) is 11.3 Å². The van der Waals surface area contributed by atoms with Crippen LogP contribution in [0.5, 0.6) is 0 Å². The van der Waals surface area contributed by atoms with Crippen LogP contribution in [0, 0.1) is 0 Å². The van der Waals surface area contributed by atoms with Crippen molar-refractivity contribution in [3.05, 3.63) is 63.8 Å². The number of furan rings is 1. The van der Waals surface area contributed by atoms with Crippen LogP contribution in [-0.2, 0) is 23.2 Å². The zero-order valence-corrected chi connectivity index (χ0v) is 21.9. The van der Waals surface area contributed by atoms with E-state index in [1.807, 2.05) is 18.2 Å². The number of aromatic nitrogens is 1. The molecule has 4 heterocycles. The van der Waals surface area contributed by atoms with Crippen molar-refractivity contribution in [1.29, 1.82) is 0 Å². The number of nitrogens with one attached hydrogen (secondary N) is 1. The molecule has 5 rings (SSSR count). The first kappa shape index (κ1) is 26.2. The summed E-state index contributed by atoms with van der Waals surface area (Å²) in [5.74, 6) is -1.15. The number of carbonyl (C=O) groups is 4. The van der Waals surface area contributed by atoms with Gasteiger partial charge in [0.2, 0.25) is 5.91 Å². The van der Waals surface area contributed by atoms with Crippen LogP contribution in [0.1, 0.15) is 59.1 Å². The number of aryl methyl sites for hydroxylation is 1. The van der Waals surface area contributed by atoms with E-state index in [2.05, 4.69) is 10.2 Å². The lowest BCUT2D eigenvalue weighted by Crippen LogP contribution is -2.44. The molecule has 3 amide bonds. The van der Waals surface area contributed by atoms with E-state index in [1.165, 1.54) is 22.5 Å². The first-order chi connectivity index (χ1) is 18.6. The average Bonchev–Trinajstić information content (AvgIpc) is 3.48. The number of anilines is 1. The van der Waals surface area contributed by atoms with Crippen molar-refractivity contribution >= 4 is 40.2 Å². The van der Waals surface area contributed by atoms with Crippen molar-refractivity contribution in [2.24, 2.45) is 12.8 Å². The second-order valence-corrected chi connectivity index (χ2v) is 10.3. The molecule has 0 aliphatic carbocycles. The first-order valence-corrected chi connectivity index (χ1v) is 13.0. The zero-order chi connectivity index (χ0) is 27.8. The number of pyridine rings is 1. The molecule has 0 radical (unpaired) electrons. The molecule has 1 unspecified atom stereocenters. The van der Waals surface area contributed by atoms with Gasteiger partial charge in [-0.25, -0.2) is 0 Å². The van der Waals surface area contributed by atoms with Crippen LogP contribution in [0.15, 0.2) is 45.7 Å². The molecule has 0 spiro atoms. The van der Waals surface area contributed by atoms with E-state index in [1.54, 1.807) is 19.3 Å². The predicted octanol–water partition coefficient (Wildman–Crippen LogP) is 1.71. The lowest BCUT2D eigenvalue weighted by atomic mass is 10.0. The Bertz CT molecular complexity index is 1530. The highest BCUT2D eigenvalue weighted by molar-refractivity contribution is 6.02. The summed E-state index contributed by atoms with van der Waals surface area (Å²) in [5, 5.41) is 3.37. The molecule has 2 aliphatic heterocycles. The summed E-state index contributed by atoms with van der Waals surface area (Å²) >= 11 is 0. The van der Waals surface area contributed by atoms with Gasteiger partial charge in [-0.2, -0.15) is 0 Å². The smallest absolute Gasteiger partial charge is 0.287 e. The first-order valence-electron chi connectivity index (χ1n) is 13.0. The monoisotopic (exact) mass is 533 g/mol. The molecule has 3 aromatic rings. The molecule has 3 N–H and O–H groups in total. The van der Waals surface area contributed by atoms with Crippen LogP contribution in [0.3, 0.4) is 0 Å². The maximum atomic E-state index is 13.2. The fraction of sp³-hybridized carbons (Fsp3) is 0.393. The number of amides is 3. The number of hydrogen-bond donors (Lipinski definition) is 2. The van der Waals surface area contributed by atoms with Gasteiger partial charge >= 0.3 is 0 Å². The number of ketones is 1. The van der Waals surface area contributed by atoms with Crippen LogP contribution < -0.4 is 21.5 Å². The third-order valence-electron chi connectivity index (χ3n) is 7.62. The molecule has 1 saturated heterocycles. The van der Waals surface area contributed by atoms with E-state index >= 15 is 0 Å². The summed E-state index contributed by atoms with van der Waals surface area (Å²) in [4.78, 5) is 65.4.